The number of amidine groups is 1. The zero-order chi connectivity index (χ0) is 10.7. The van der Waals surface area contributed by atoms with Gasteiger partial charge < -0.3 is 9.32 Å². The molecule has 0 aromatic carbocycles. The van der Waals surface area contributed by atoms with E-state index >= 15 is 0 Å². The average Bonchev–Trinajstić information content (AvgIpc) is 2.88. The maximum atomic E-state index is 8.09. The maximum absolute atomic E-state index is 8.09. The maximum Gasteiger partial charge on any atom is 0.0989 e. The van der Waals surface area contributed by atoms with Gasteiger partial charge in [0, 0.05) is 25.1 Å². The number of nitrogens with zero attached hydrogens (tertiary/aromatic N) is 1. The van der Waals surface area contributed by atoms with Gasteiger partial charge in [-0.15, -0.1) is 0 Å². The Morgan fingerprint density at radius 1 is 1.53 bits per heavy atom. The lowest BCUT2D eigenvalue weighted by atomic mass is 10.1. The first-order chi connectivity index (χ1) is 7.27. The minimum absolute atomic E-state index is 0.488. The molecule has 0 saturated heterocycles. The van der Waals surface area contributed by atoms with Crippen molar-refractivity contribution in [3.05, 3.63) is 24.2 Å². The first-order valence-corrected chi connectivity index (χ1v) is 5.58. The largest absolute Gasteiger partial charge is 0.472 e. The molecule has 1 saturated carbocycles. The van der Waals surface area contributed by atoms with E-state index in [1.165, 1.54) is 25.7 Å². The number of hydrogen-bond donors (Lipinski definition) is 1. The monoisotopic (exact) mass is 206 g/mol. The predicted molar refractivity (Wildman–Crippen MR) is 59.9 cm³/mol. The van der Waals surface area contributed by atoms with Crippen molar-refractivity contribution < 1.29 is 4.42 Å². The molecule has 1 N–H and O–H groups in total. The average molecular weight is 206 g/mol. The van der Waals surface area contributed by atoms with Crippen molar-refractivity contribution in [1.82, 2.24) is 4.90 Å². The highest BCUT2D eigenvalue weighted by molar-refractivity contribution is 5.81. The Labute approximate surface area is 90.6 Å². The first kappa shape index (κ1) is 10.3. The van der Waals surface area contributed by atoms with Crippen LogP contribution in [0.2, 0.25) is 0 Å². The lowest BCUT2D eigenvalue weighted by molar-refractivity contribution is 0.451. The fourth-order valence-corrected chi connectivity index (χ4v) is 2.25. The van der Waals surface area contributed by atoms with Crippen LogP contribution in [0.25, 0.3) is 0 Å². The van der Waals surface area contributed by atoms with Crippen molar-refractivity contribution in [1.29, 1.82) is 5.41 Å². The van der Waals surface area contributed by atoms with Crippen molar-refractivity contribution in [3.8, 4) is 0 Å². The second-order valence-electron chi connectivity index (χ2n) is 4.35. The standard InChI is InChI=1S/C12H18N2O/c1-14(8-10-6-7-15-9-10)12(13)11-4-2-3-5-11/h6-7,9,11,13H,2-5,8H2,1H3. The molecule has 0 unspecified atom stereocenters. The number of nitrogens with one attached hydrogen (secondary N) is 1. The molecule has 82 valence electrons. The summed E-state index contributed by atoms with van der Waals surface area (Å²) in [6, 6.07) is 1.96. The molecule has 1 aromatic rings. The van der Waals surface area contributed by atoms with E-state index in [1.54, 1.807) is 12.5 Å². The molecule has 0 atom stereocenters. The molecule has 1 aliphatic carbocycles. The molecule has 3 heteroatoms. The third-order valence-electron chi connectivity index (χ3n) is 3.15. The number of hydrogen-bond acceptors (Lipinski definition) is 2. The molecule has 0 spiro atoms. The van der Waals surface area contributed by atoms with Crippen molar-refractivity contribution >= 4 is 5.84 Å². The van der Waals surface area contributed by atoms with Crippen LogP contribution < -0.4 is 0 Å². The highest BCUT2D eigenvalue weighted by Gasteiger charge is 2.22. The Kier molecular flexibility index (Phi) is 3.09. The minimum atomic E-state index is 0.488. The molecule has 2 rings (SSSR count). The second-order valence-corrected chi connectivity index (χ2v) is 4.35. The Morgan fingerprint density at radius 3 is 2.87 bits per heavy atom. The van der Waals surface area contributed by atoms with Gasteiger partial charge in [-0.25, -0.2) is 0 Å². The van der Waals surface area contributed by atoms with Crippen LogP contribution in [0.4, 0.5) is 0 Å². The summed E-state index contributed by atoms with van der Waals surface area (Å²) >= 11 is 0. The molecule has 1 aliphatic rings. The van der Waals surface area contributed by atoms with Gasteiger partial charge in [-0.2, -0.15) is 0 Å². The predicted octanol–water partition coefficient (Wildman–Crippen LogP) is 2.88. The molecule has 1 heterocycles. The summed E-state index contributed by atoms with van der Waals surface area (Å²) in [6.45, 7) is 0.784. The summed E-state index contributed by atoms with van der Waals surface area (Å²) in [4.78, 5) is 2.03. The lowest BCUT2D eigenvalue weighted by Crippen LogP contribution is -2.30. The van der Waals surface area contributed by atoms with Crippen LogP contribution in [-0.2, 0) is 6.54 Å². The minimum Gasteiger partial charge on any atom is -0.472 e. The molecule has 1 fully saturated rings. The van der Waals surface area contributed by atoms with E-state index in [9.17, 15) is 0 Å². The summed E-state index contributed by atoms with van der Waals surface area (Å²) in [5.74, 6) is 1.27. The fourth-order valence-electron chi connectivity index (χ4n) is 2.25. The van der Waals surface area contributed by atoms with Crippen molar-refractivity contribution in [2.24, 2.45) is 5.92 Å². The molecule has 15 heavy (non-hydrogen) atoms. The molecule has 0 radical (unpaired) electrons. The third-order valence-corrected chi connectivity index (χ3v) is 3.15. The van der Waals surface area contributed by atoms with E-state index < -0.39 is 0 Å². The zero-order valence-corrected chi connectivity index (χ0v) is 9.20. The van der Waals surface area contributed by atoms with Gasteiger partial charge >= 0.3 is 0 Å². The Balaban J connectivity index is 1.89. The number of rotatable bonds is 3. The van der Waals surface area contributed by atoms with E-state index in [1.807, 2.05) is 18.0 Å². The van der Waals surface area contributed by atoms with E-state index in [4.69, 9.17) is 9.83 Å². The molecular formula is C12H18N2O. The van der Waals surface area contributed by atoms with Crippen molar-refractivity contribution in [3.63, 3.8) is 0 Å². The molecule has 0 aliphatic heterocycles. The van der Waals surface area contributed by atoms with Gasteiger partial charge in [0.1, 0.15) is 0 Å². The molecular weight excluding hydrogens is 188 g/mol. The Morgan fingerprint density at radius 2 is 2.27 bits per heavy atom. The van der Waals surface area contributed by atoms with E-state index in [0.29, 0.717) is 5.92 Å². The third kappa shape index (κ3) is 2.41. The fraction of sp³-hybridized carbons (Fsp3) is 0.583. The molecule has 0 bridgehead atoms. The second kappa shape index (κ2) is 4.51. The Hall–Kier alpha value is -1.25. The van der Waals surface area contributed by atoms with Crippen LogP contribution >= 0.6 is 0 Å². The topological polar surface area (TPSA) is 40.2 Å². The summed E-state index contributed by atoms with van der Waals surface area (Å²) < 4.78 is 5.02. The molecule has 3 nitrogen and oxygen atoms in total. The Bertz CT molecular complexity index is 312. The smallest absolute Gasteiger partial charge is 0.0989 e. The van der Waals surface area contributed by atoms with Crippen LogP contribution in [0.15, 0.2) is 23.0 Å². The van der Waals surface area contributed by atoms with Crippen LogP contribution in [-0.4, -0.2) is 17.8 Å². The van der Waals surface area contributed by atoms with Crippen molar-refractivity contribution in [2.45, 2.75) is 32.2 Å². The van der Waals surface area contributed by atoms with Crippen LogP contribution in [0.3, 0.4) is 0 Å². The van der Waals surface area contributed by atoms with E-state index in [0.717, 1.165) is 17.9 Å². The SMILES string of the molecule is CN(Cc1ccoc1)C(=N)C1CCCC1. The van der Waals surface area contributed by atoms with Crippen molar-refractivity contribution in [2.75, 3.05) is 7.05 Å². The summed E-state index contributed by atoms with van der Waals surface area (Å²) in [6.07, 6.45) is 8.38. The van der Waals surface area contributed by atoms with Gasteiger partial charge in [0.2, 0.25) is 0 Å². The lowest BCUT2D eigenvalue weighted by Gasteiger charge is -2.23. The van der Waals surface area contributed by atoms with Gasteiger partial charge in [-0.05, 0) is 18.9 Å². The molecule has 1 aromatic heterocycles. The van der Waals surface area contributed by atoms with Crippen LogP contribution in [0.1, 0.15) is 31.2 Å². The summed E-state index contributed by atoms with van der Waals surface area (Å²) in [7, 11) is 1.99. The quantitative estimate of drug-likeness (QED) is 0.610. The zero-order valence-electron chi connectivity index (χ0n) is 9.20. The van der Waals surface area contributed by atoms with Gasteiger partial charge in [0.15, 0.2) is 0 Å². The highest BCUT2D eigenvalue weighted by atomic mass is 16.3. The summed E-state index contributed by atoms with van der Waals surface area (Å²) in [5, 5.41) is 8.09. The van der Waals surface area contributed by atoms with Gasteiger partial charge in [-0.1, -0.05) is 12.8 Å². The first-order valence-electron chi connectivity index (χ1n) is 5.58. The van der Waals surface area contributed by atoms with Gasteiger partial charge in [-0.3, -0.25) is 5.41 Å². The van der Waals surface area contributed by atoms with E-state index in [2.05, 4.69) is 0 Å². The van der Waals surface area contributed by atoms with Gasteiger partial charge in [0.05, 0.1) is 18.4 Å². The molecule has 0 amide bonds. The van der Waals surface area contributed by atoms with Crippen LogP contribution in [0, 0.1) is 11.3 Å². The van der Waals surface area contributed by atoms with Gasteiger partial charge in [0.25, 0.3) is 0 Å². The summed E-state index contributed by atoms with van der Waals surface area (Å²) in [5.41, 5.74) is 1.14. The van der Waals surface area contributed by atoms with E-state index in [-0.39, 0.29) is 0 Å². The normalized spacial score (nSPS) is 16.9. The highest BCUT2D eigenvalue weighted by Crippen LogP contribution is 2.26. The van der Waals surface area contributed by atoms with Crippen LogP contribution in [0.5, 0.6) is 0 Å². The number of furan rings is 1.